The molecular weight excluding hydrogens is 566 g/mol. The molecule has 0 bridgehead atoms. The van der Waals surface area contributed by atoms with Gasteiger partial charge in [-0.1, -0.05) is 114 Å². The van der Waals surface area contributed by atoms with E-state index in [1.165, 1.54) is 51.4 Å². The Labute approximate surface area is 274 Å². The van der Waals surface area contributed by atoms with E-state index < -0.39 is 24.4 Å². The van der Waals surface area contributed by atoms with E-state index in [0.717, 1.165) is 32.1 Å². The van der Waals surface area contributed by atoms with Gasteiger partial charge in [-0.25, -0.2) is 0 Å². The van der Waals surface area contributed by atoms with Gasteiger partial charge in [0.05, 0.1) is 31.0 Å². The van der Waals surface area contributed by atoms with Crippen LogP contribution in [0.25, 0.3) is 0 Å². The van der Waals surface area contributed by atoms with E-state index in [2.05, 4.69) is 31.3 Å². The number of aliphatic hydroxyl groups is 4. The maximum Gasteiger partial charge on any atom is 0.220 e. The Kier molecular flexibility index (Phi) is 24.7. The third-order valence-corrected chi connectivity index (χ3v) is 8.63. The molecule has 7 heteroatoms. The highest BCUT2D eigenvalue weighted by molar-refractivity contribution is 5.86. The van der Waals surface area contributed by atoms with Crippen LogP contribution in [0.15, 0.2) is 48.6 Å². The first-order valence-corrected chi connectivity index (χ1v) is 18.0. The molecule has 0 saturated heterocycles. The van der Waals surface area contributed by atoms with Crippen LogP contribution in [0.1, 0.15) is 136 Å². The van der Waals surface area contributed by atoms with E-state index in [1.807, 2.05) is 18.2 Å². The first kappa shape index (κ1) is 41.0. The molecule has 45 heavy (non-hydrogen) atoms. The minimum absolute atomic E-state index is 0.0114. The van der Waals surface area contributed by atoms with Gasteiger partial charge in [0.15, 0.2) is 0 Å². The van der Waals surface area contributed by atoms with Gasteiger partial charge in [-0.15, -0.1) is 0 Å². The van der Waals surface area contributed by atoms with Crippen LogP contribution < -0.4 is 5.32 Å². The molecule has 1 fully saturated rings. The van der Waals surface area contributed by atoms with Crippen molar-refractivity contribution in [2.45, 2.75) is 160 Å². The molecule has 6 atom stereocenters. The molecule has 0 aromatic carbocycles. The molecule has 0 unspecified atom stereocenters. The fraction of sp³-hybridized carbons (Fsp3) is 0.737. The van der Waals surface area contributed by atoms with Gasteiger partial charge in [0.1, 0.15) is 5.78 Å². The summed E-state index contributed by atoms with van der Waals surface area (Å²) in [6, 6.07) is -0.729. The summed E-state index contributed by atoms with van der Waals surface area (Å²) in [4.78, 5) is 24.8. The quantitative estimate of drug-likeness (QED) is 0.0489. The second-order valence-electron chi connectivity index (χ2n) is 12.7. The zero-order chi connectivity index (χ0) is 33.1. The fourth-order valence-electron chi connectivity index (χ4n) is 5.75. The van der Waals surface area contributed by atoms with Gasteiger partial charge in [0.2, 0.25) is 5.91 Å². The summed E-state index contributed by atoms with van der Waals surface area (Å²) in [7, 11) is 0. The molecule has 1 rings (SSSR count). The molecule has 258 valence electrons. The SMILES string of the molecule is CCC/C=C\CCCCCCCC/C=C/[C@@H](O)[C@H](CO)NC(=O)CCC/C=C\C[C@H]1[C@@H](O)CC(=O)[C@@H]1/C=C/[C@@H](O)CCCCC. The van der Waals surface area contributed by atoms with E-state index in [1.54, 1.807) is 18.2 Å². The van der Waals surface area contributed by atoms with E-state index in [9.17, 15) is 30.0 Å². The summed E-state index contributed by atoms with van der Waals surface area (Å²) in [5.41, 5.74) is 0. The van der Waals surface area contributed by atoms with Crippen LogP contribution in [-0.2, 0) is 9.59 Å². The van der Waals surface area contributed by atoms with Gasteiger partial charge in [-0.3, -0.25) is 9.59 Å². The van der Waals surface area contributed by atoms with Gasteiger partial charge >= 0.3 is 0 Å². The lowest BCUT2D eigenvalue weighted by atomic mass is 9.90. The normalized spacial score (nSPS) is 21.1. The molecule has 1 aliphatic carbocycles. The highest BCUT2D eigenvalue weighted by Crippen LogP contribution is 2.33. The van der Waals surface area contributed by atoms with Crippen LogP contribution in [-0.4, -0.2) is 63.1 Å². The lowest BCUT2D eigenvalue weighted by molar-refractivity contribution is -0.123. The Hall–Kier alpha value is -2.06. The van der Waals surface area contributed by atoms with Gasteiger partial charge in [-0.05, 0) is 57.8 Å². The number of allylic oxidation sites excluding steroid dienone is 6. The molecule has 1 aliphatic rings. The maximum absolute atomic E-state index is 12.4. The Morgan fingerprint density at radius 3 is 2.16 bits per heavy atom. The zero-order valence-corrected chi connectivity index (χ0v) is 28.3. The summed E-state index contributed by atoms with van der Waals surface area (Å²) < 4.78 is 0. The molecule has 0 aliphatic heterocycles. The lowest BCUT2D eigenvalue weighted by Gasteiger charge is -2.19. The van der Waals surface area contributed by atoms with Crippen molar-refractivity contribution >= 4 is 11.7 Å². The second-order valence-corrected chi connectivity index (χ2v) is 12.7. The van der Waals surface area contributed by atoms with Crippen molar-refractivity contribution in [3.63, 3.8) is 0 Å². The average molecular weight is 632 g/mol. The topological polar surface area (TPSA) is 127 Å². The first-order chi connectivity index (χ1) is 21.8. The number of unbranched alkanes of at least 4 members (excludes halogenated alkanes) is 11. The number of ketones is 1. The van der Waals surface area contributed by atoms with E-state index in [0.29, 0.717) is 25.7 Å². The van der Waals surface area contributed by atoms with Crippen molar-refractivity contribution < 1.29 is 30.0 Å². The van der Waals surface area contributed by atoms with Crippen LogP contribution >= 0.6 is 0 Å². The van der Waals surface area contributed by atoms with Gasteiger partial charge < -0.3 is 25.7 Å². The Bertz CT molecular complexity index is 881. The molecule has 0 aromatic rings. The van der Waals surface area contributed by atoms with Gasteiger partial charge in [0, 0.05) is 24.7 Å². The molecule has 1 amide bonds. The molecule has 0 aromatic heterocycles. The monoisotopic (exact) mass is 631 g/mol. The highest BCUT2D eigenvalue weighted by Gasteiger charge is 2.39. The van der Waals surface area contributed by atoms with Gasteiger partial charge in [0.25, 0.3) is 0 Å². The van der Waals surface area contributed by atoms with Crippen LogP contribution in [0.3, 0.4) is 0 Å². The Morgan fingerprint density at radius 1 is 0.822 bits per heavy atom. The van der Waals surface area contributed by atoms with Gasteiger partial charge in [-0.2, -0.15) is 0 Å². The second kappa shape index (κ2) is 27.1. The van der Waals surface area contributed by atoms with Crippen molar-refractivity contribution in [1.82, 2.24) is 5.32 Å². The number of Topliss-reactive ketones (excluding diaryl/α,β-unsaturated/α-hetero) is 1. The molecule has 0 spiro atoms. The molecule has 0 radical (unpaired) electrons. The minimum atomic E-state index is -0.931. The molecule has 0 heterocycles. The van der Waals surface area contributed by atoms with E-state index in [-0.39, 0.29) is 43.0 Å². The average Bonchev–Trinajstić information content (AvgIpc) is 3.29. The van der Waals surface area contributed by atoms with E-state index in [4.69, 9.17) is 0 Å². The number of carbonyl (C=O) groups is 2. The number of hydrogen-bond donors (Lipinski definition) is 5. The summed E-state index contributed by atoms with van der Waals surface area (Å²) in [5, 5.41) is 43.4. The third-order valence-electron chi connectivity index (χ3n) is 8.63. The molecular formula is C38H65NO6. The fourth-order valence-corrected chi connectivity index (χ4v) is 5.75. The van der Waals surface area contributed by atoms with Crippen molar-refractivity contribution in [1.29, 1.82) is 0 Å². The number of carbonyl (C=O) groups excluding carboxylic acids is 2. The molecule has 5 N–H and O–H groups in total. The Morgan fingerprint density at radius 2 is 1.47 bits per heavy atom. The first-order valence-electron chi connectivity index (χ1n) is 18.0. The predicted molar refractivity (Wildman–Crippen MR) is 185 cm³/mol. The maximum atomic E-state index is 12.4. The third kappa shape index (κ3) is 19.9. The lowest BCUT2D eigenvalue weighted by Crippen LogP contribution is -2.45. The summed E-state index contributed by atoms with van der Waals surface area (Å²) >= 11 is 0. The number of hydrogen-bond acceptors (Lipinski definition) is 6. The number of aliphatic hydroxyl groups excluding tert-OH is 4. The van der Waals surface area contributed by atoms with Crippen LogP contribution in [0.4, 0.5) is 0 Å². The molecule has 1 saturated carbocycles. The highest BCUT2D eigenvalue weighted by atomic mass is 16.3. The summed E-state index contributed by atoms with van der Waals surface area (Å²) in [6.07, 6.45) is 31.2. The summed E-state index contributed by atoms with van der Waals surface area (Å²) in [5.74, 6) is -0.791. The van der Waals surface area contributed by atoms with Crippen molar-refractivity contribution in [3.8, 4) is 0 Å². The van der Waals surface area contributed by atoms with Crippen molar-refractivity contribution in [2.24, 2.45) is 11.8 Å². The van der Waals surface area contributed by atoms with Crippen molar-refractivity contribution in [2.75, 3.05) is 6.61 Å². The van der Waals surface area contributed by atoms with E-state index >= 15 is 0 Å². The largest absolute Gasteiger partial charge is 0.394 e. The number of nitrogens with one attached hydrogen (secondary N) is 1. The smallest absolute Gasteiger partial charge is 0.220 e. The van der Waals surface area contributed by atoms with Crippen LogP contribution in [0.2, 0.25) is 0 Å². The number of rotatable bonds is 27. The Balaban J connectivity index is 2.25. The number of amides is 1. The summed E-state index contributed by atoms with van der Waals surface area (Å²) in [6.45, 7) is 3.98. The van der Waals surface area contributed by atoms with Crippen molar-refractivity contribution in [3.05, 3.63) is 48.6 Å². The molecule has 7 nitrogen and oxygen atoms in total. The minimum Gasteiger partial charge on any atom is -0.394 e. The predicted octanol–water partition coefficient (Wildman–Crippen LogP) is 7.04. The van der Waals surface area contributed by atoms with Crippen LogP contribution in [0.5, 0.6) is 0 Å². The standard InChI is InChI=1S/C38H65NO6/c1-3-5-7-8-9-10-11-12-13-14-15-16-21-25-35(42)34(30-40)39-38(45)26-22-18-17-20-24-32-33(37(44)29-36(32)43)28-27-31(41)23-19-6-4-2/h7-8,17,20-21,25,27-28,31-36,40-43H,3-6,9-16,18-19,22-24,26,29-30H2,1-2H3,(H,39,45)/b8-7-,20-17-,25-21+,28-27+/t31-,32+,33+,34-,35+,36-/m0/s1. The zero-order valence-electron chi connectivity index (χ0n) is 28.3. The van der Waals surface area contributed by atoms with Crippen LogP contribution in [0, 0.1) is 11.8 Å².